The van der Waals surface area contributed by atoms with E-state index in [2.05, 4.69) is 70.3 Å². The van der Waals surface area contributed by atoms with Gasteiger partial charge in [-0.1, -0.05) is 51.1 Å². The predicted octanol–water partition coefficient (Wildman–Crippen LogP) is 3.35. The Morgan fingerprint density at radius 3 is 2.21 bits per heavy atom. The summed E-state index contributed by atoms with van der Waals surface area (Å²) >= 11 is 0. The fourth-order valence-corrected chi connectivity index (χ4v) is 2.60. The van der Waals surface area contributed by atoms with Crippen LogP contribution in [0, 0.1) is 5.92 Å². The zero-order valence-electron chi connectivity index (χ0n) is 13.0. The van der Waals surface area contributed by atoms with E-state index in [1.165, 1.54) is 5.56 Å². The minimum Gasteiger partial charge on any atom is -0.396 e. The number of aliphatic hydroxyl groups is 1. The van der Waals surface area contributed by atoms with Crippen LogP contribution < -0.4 is 5.32 Å². The Morgan fingerprint density at radius 1 is 1.11 bits per heavy atom. The van der Waals surface area contributed by atoms with E-state index < -0.39 is 0 Å². The summed E-state index contributed by atoms with van der Waals surface area (Å²) < 4.78 is 0. The molecular weight excluding hydrogens is 234 g/mol. The summed E-state index contributed by atoms with van der Waals surface area (Å²) in [6.07, 6.45) is 1.08. The van der Waals surface area contributed by atoms with E-state index in [0.717, 1.165) is 6.42 Å². The first-order chi connectivity index (χ1) is 8.86. The summed E-state index contributed by atoms with van der Waals surface area (Å²) in [5.41, 5.74) is 1.54. The normalized spacial score (nSPS) is 16.9. The molecule has 0 amide bonds. The first kappa shape index (κ1) is 16.2. The van der Waals surface area contributed by atoms with Crippen molar-refractivity contribution in [1.82, 2.24) is 5.32 Å². The van der Waals surface area contributed by atoms with Gasteiger partial charge in [0, 0.05) is 18.7 Å². The molecule has 2 N–H and O–H groups in total. The molecule has 0 saturated heterocycles. The van der Waals surface area contributed by atoms with E-state index in [9.17, 15) is 5.11 Å². The van der Waals surface area contributed by atoms with Gasteiger partial charge in [0.2, 0.25) is 0 Å². The second kappa shape index (κ2) is 7.06. The van der Waals surface area contributed by atoms with Crippen molar-refractivity contribution in [2.45, 2.75) is 58.5 Å². The van der Waals surface area contributed by atoms with Crippen LogP contribution in [0.15, 0.2) is 30.3 Å². The Labute approximate surface area is 118 Å². The summed E-state index contributed by atoms with van der Waals surface area (Å²) in [5, 5.41) is 12.8. The zero-order valence-corrected chi connectivity index (χ0v) is 13.0. The molecule has 0 aliphatic carbocycles. The van der Waals surface area contributed by atoms with Crippen molar-refractivity contribution in [3.8, 4) is 0 Å². The number of hydrogen-bond acceptors (Lipinski definition) is 2. The summed E-state index contributed by atoms with van der Waals surface area (Å²) in [4.78, 5) is 0. The third kappa shape index (κ3) is 4.96. The first-order valence-corrected chi connectivity index (χ1v) is 7.29. The van der Waals surface area contributed by atoms with Crippen LogP contribution in [-0.2, 0) is 5.41 Å². The SMILES string of the molecule is CC(CC(C)(C)c1ccccc1)NC(C)C(C)CO. The molecule has 19 heavy (non-hydrogen) atoms. The van der Waals surface area contributed by atoms with Crippen LogP contribution in [0.25, 0.3) is 0 Å². The van der Waals surface area contributed by atoms with Crippen molar-refractivity contribution in [2.75, 3.05) is 6.61 Å². The first-order valence-electron chi connectivity index (χ1n) is 7.29. The molecule has 0 aromatic heterocycles. The lowest BCUT2D eigenvalue weighted by atomic mass is 9.79. The third-order valence-electron chi connectivity index (χ3n) is 4.06. The van der Waals surface area contributed by atoms with Crippen LogP contribution in [-0.4, -0.2) is 23.8 Å². The molecule has 0 bridgehead atoms. The molecule has 2 nitrogen and oxygen atoms in total. The summed E-state index contributed by atoms with van der Waals surface area (Å²) in [6, 6.07) is 11.4. The van der Waals surface area contributed by atoms with Gasteiger partial charge in [-0.25, -0.2) is 0 Å². The van der Waals surface area contributed by atoms with E-state index in [1.54, 1.807) is 0 Å². The Morgan fingerprint density at radius 2 is 1.68 bits per heavy atom. The van der Waals surface area contributed by atoms with E-state index >= 15 is 0 Å². The van der Waals surface area contributed by atoms with Crippen LogP contribution in [0.4, 0.5) is 0 Å². The van der Waals surface area contributed by atoms with Crippen molar-refractivity contribution < 1.29 is 5.11 Å². The number of hydrogen-bond donors (Lipinski definition) is 2. The average Bonchev–Trinajstić information content (AvgIpc) is 2.38. The van der Waals surface area contributed by atoms with Crippen molar-refractivity contribution in [1.29, 1.82) is 0 Å². The van der Waals surface area contributed by atoms with Gasteiger partial charge in [0.15, 0.2) is 0 Å². The van der Waals surface area contributed by atoms with Gasteiger partial charge in [-0.15, -0.1) is 0 Å². The standard InChI is InChI=1S/C17H29NO/c1-13(12-19)15(3)18-14(2)11-17(4,5)16-9-7-6-8-10-16/h6-10,13-15,18-19H,11-12H2,1-5H3. The lowest BCUT2D eigenvalue weighted by molar-refractivity contribution is 0.198. The van der Waals surface area contributed by atoms with E-state index in [-0.39, 0.29) is 12.0 Å². The van der Waals surface area contributed by atoms with Crippen LogP contribution in [0.2, 0.25) is 0 Å². The average molecular weight is 263 g/mol. The summed E-state index contributed by atoms with van der Waals surface area (Å²) in [6.45, 7) is 11.3. The van der Waals surface area contributed by atoms with Crippen molar-refractivity contribution in [3.05, 3.63) is 35.9 Å². The predicted molar refractivity (Wildman–Crippen MR) is 82.4 cm³/mol. The highest BCUT2D eigenvalue weighted by Crippen LogP contribution is 2.28. The van der Waals surface area contributed by atoms with Crippen LogP contribution in [0.1, 0.15) is 46.6 Å². The molecule has 1 aromatic carbocycles. The highest BCUT2D eigenvalue weighted by Gasteiger charge is 2.24. The Balaban J connectivity index is 2.58. The molecule has 3 atom stereocenters. The molecule has 0 heterocycles. The maximum absolute atomic E-state index is 9.19. The maximum Gasteiger partial charge on any atom is 0.0471 e. The van der Waals surface area contributed by atoms with Crippen molar-refractivity contribution >= 4 is 0 Å². The molecule has 0 spiro atoms. The van der Waals surface area contributed by atoms with Crippen molar-refractivity contribution in [3.63, 3.8) is 0 Å². The molecule has 3 unspecified atom stereocenters. The number of benzene rings is 1. The smallest absolute Gasteiger partial charge is 0.0471 e. The summed E-state index contributed by atoms with van der Waals surface area (Å²) in [5.74, 6) is 0.294. The monoisotopic (exact) mass is 263 g/mol. The van der Waals surface area contributed by atoms with Gasteiger partial charge in [-0.2, -0.15) is 0 Å². The van der Waals surface area contributed by atoms with Gasteiger partial charge in [-0.3, -0.25) is 0 Å². The third-order valence-corrected chi connectivity index (χ3v) is 4.06. The van der Waals surface area contributed by atoms with Crippen LogP contribution in [0.5, 0.6) is 0 Å². The second-order valence-electron chi connectivity index (χ2n) is 6.47. The fourth-order valence-electron chi connectivity index (χ4n) is 2.60. The maximum atomic E-state index is 9.19. The molecule has 108 valence electrons. The highest BCUT2D eigenvalue weighted by molar-refractivity contribution is 5.23. The van der Waals surface area contributed by atoms with Gasteiger partial charge < -0.3 is 10.4 Å². The fraction of sp³-hybridized carbons (Fsp3) is 0.647. The molecule has 0 fully saturated rings. The number of nitrogens with one attached hydrogen (secondary N) is 1. The van der Waals surface area contributed by atoms with Gasteiger partial charge >= 0.3 is 0 Å². The molecule has 1 rings (SSSR count). The minimum atomic E-state index is 0.163. The van der Waals surface area contributed by atoms with E-state index in [1.807, 2.05) is 0 Å². The Kier molecular flexibility index (Phi) is 6.02. The van der Waals surface area contributed by atoms with E-state index in [4.69, 9.17) is 0 Å². The second-order valence-corrected chi connectivity index (χ2v) is 6.47. The van der Waals surface area contributed by atoms with Gasteiger partial charge in [0.1, 0.15) is 0 Å². The quantitative estimate of drug-likeness (QED) is 0.790. The van der Waals surface area contributed by atoms with Crippen LogP contribution >= 0.6 is 0 Å². The van der Waals surface area contributed by atoms with Gasteiger partial charge in [0.05, 0.1) is 0 Å². The molecule has 0 saturated carbocycles. The molecule has 0 radical (unpaired) electrons. The largest absolute Gasteiger partial charge is 0.396 e. The van der Waals surface area contributed by atoms with Gasteiger partial charge in [0.25, 0.3) is 0 Å². The summed E-state index contributed by atoms with van der Waals surface area (Å²) in [7, 11) is 0. The molecule has 1 aromatic rings. The van der Waals surface area contributed by atoms with Gasteiger partial charge in [-0.05, 0) is 37.2 Å². The molecular formula is C17H29NO. The zero-order chi connectivity index (χ0) is 14.5. The highest BCUT2D eigenvalue weighted by atomic mass is 16.3. The Bertz CT molecular complexity index is 361. The topological polar surface area (TPSA) is 32.3 Å². The lowest BCUT2D eigenvalue weighted by Gasteiger charge is -2.32. The number of aliphatic hydroxyl groups excluding tert-OH is 1. The number of rotatable bonds is 7. The molecule has 0 aliphatic rings. The van der Waals surface area contributed by atoms with Crippen LogP contribution in [0.3, 0.4) is 0 Å². The lowest BCUT2D eigenvalue weighted by Crippen LogP contribution is -2.42. The van der Waals surface area contributed by atoms with Crippen molar-refractivity contribution in [2.24, 2.45) is 5.92 Å². The minimum absolute atomic E-state index is 0.163. The molecule has 2 heteroatoms. The van der Waals surface area contributed by atoms with E-state index in [0.29, 0.717) is 18.0 Å². The molecule has 0 aliphatic heterocycles. The Hall–Kier alpha value is -0.860.